The number of hydrogen-bond donors (Lipinski definition) is 0. The fourth-order valence-electron chi connectivity index (χ4n) is 4.15. The number of benzene rings is 1. The molecule has 2 unspecified atom stereocenters. The fraction of sp³-hybridized carbons (Fsp3) is 0.522. The molecule has 0 saturated carbocycles. The van der Waals surface area contributed by atoms with Crippen LogP contribution in [-0.4, -0.2) is 55.6 Å². The topological polar surface area (TPSA) is 32.8 Å². The van der Waals surface area contributed by atoms with Gasteiger partial charge in [-0.2, -0.15) is 0 Å². The Hall–Kier alpha value is -1.76. The molecular formula is C23H31FN2O2S. The number of amides is 1. The quantitative estimate of drug-likeness (QED) is 0.611. The van der Waals surface area contributed by atoms with E-state index in [0.717, 1.165) is 25.2 Å². The van der Waals surface area contributed by atoms with Gasteiger partial charge in [-0.15, -0.1) is 11.3 Å². The Morgan fingerprint density at radius 3 is 2.79 bits per heavy atom. The number of hydrogen-bond acceptors (Lipinski definition) is 4. The van der Waals surface area contributed by atoms with E-state index in [2.05, 4.69) is 22.4 Å². The Bertz CT molecular complexity index is 781. The Kier molecular flexibility index (Phi) is 7.81. The average molecular weight is 419 g/mol. The SMILES string of the molecule is COCCN(CC1CN(Cc2cccs2)CC1c1cccc(F)c1)C(=O)C(C)C. The maximum absolute atomic E-state index is 13.9. The second-order valence-electron chi connectivity index (χ2n) is 8.13. The molecule has 1 fully saturated rings. The van der Waals surface area contributed by atoms with E-state index in [1.165, 1.54) is 10.9 Å². The molecule has 1 saturated heterocycles. The zero-order chi connectivity index (χ0) is 20.8. The minimum atomic E-state index is -0.201. The second kappa shape index (κ2) is 10.3. The average Bonchev–Trinajstić information content (AvgIpc) is 3.34. The molecule has 0 spiro atoms. The number of methoxy groups -OCH3 is 1. The molecule has 1 aromatic carbocycles. The number of rotatable bonds is 9. The largest absolute Gasteiger partial charge is 0.383 e. The minimum Gasteiger partial charge on any atom is -0.383 e. The number of nitrogens with zero attached hydrogens (tertiary/aromatic N) is 2. The van der Waals surface area contributed by atoms with Crippen molar-refractivity contribution in [2.45, 2.75) is 26.3 Å². The summed E-state index contributed by atoms with van der Waals surface area (Å²) in [4.78, 5) is 18.5. The normalized spacial score (nSPS) is 19.8. The first kappa shape index (κ1) is 21.9. The number of halogens is 1. The molecule has 1 amide bonds. The van der Waals surface area contributed by atoms with Crippen LogP contribution in [0, 0.1) is 17.7 Å². The fourth-order valence-corrected chi connectivity index (χ4v) is 4.90. The predicted octanol–water partition coefficient (Wildman–Crippen LogP) is 4.23. The molecule has 4 nitrogen and oxygen atoms in total. The summed E-state index contributed by atoms with van der Waals surface area (Å²) in [7, 11) is 1.66. The van der Waals surface area contributed by atoms with Crippen molar-refractivity contribution < 1.29 is 13.9 Å². The minimum absolute atomic E-state index is 0.0527. The summed E-state index contributed by atoms with van der Waals surface area (Å²) in [5.41, 5.74) is 1.02. The second-order valence-corrected chi connectivity index (χ2v) is 9.16. The maximum atomic E-state index is 13.9. The number of likely N-dealkylation sites (tertiary alicyclic amines) is 1. The van der Waals surface area contributed by atoms with Crippen LogP contribution in [0.2, 0.25) is 0 Å². The lowest BCUT2D eigenvalue weighted by Gasteiger charge is -2.29. The third-order valence-corrected chi connectivity index (χ3v) is 6.44. The van der Waals surface area contributed by atoms with Crippen molar-refractivity contribution in [1.82, 2.24) is 9.80 Å². The Morgan fingerprint density at radius 1 is 1.31 bits per heavy atom. The lowest BCUT2D eigenvalue weighted by molar-refractivity contribution is -0.135. The van der Waals surface area contributed by atoms with Gasteiger partial charge in [0.15, 0.2) is 0 Å². The van der Waals surface area contributed by atoms with E-state index < -0.39 is 0 Å². The van der Waals surface area contributed by atoms with Gasteiger partial charge in [0.25, 0.3) is 0 Å². The van der Waals surface area contributed by atoms with Gasteiger partial charge in [-0.25, -0.2) is 4.39 Å². The summed E-state index contributed by atoms with van der Waals surface area (Å²) >= 11 is 1.76. The van der Waals surface area contributed by atoms with Gasteiger partial charge in [0.2, 0.25) is 5.91 Å². The first-order valence-electron chi connectivity index (χ1n) is 10.3. The number of ether oxygens (including phenoxy) is 1. The lowest BCUT2D eigenvalue weighted by Crippen LogP contribution is -2.41. The molecular weight excluding hydrogens is 387 g/mol. The maximum Gasteiger partial charge on any atom is 0.225 e. The van der Waals surface area contributed by atoms with Crippen LogP contribution in [0.25, 0.3) is 0 Å². The highest BCUT2D eigenvalue weighted by Gasteiger charge is 2.36. The van der Waals surface area contributed by atoms with Crippen molar-refractivity contribution in [3.63, 3.8) is 0 Å². The van der Waals surface area contributed by atoms with Gasteiger partial charge in [0.05, 0.1) is 6.61 Å². The van der Waals surface area contributed by atoms with E-state index in [9.17, 15) is 9.18 Å². The van der Waals surface area contributed by atoms with E-state index >= 15 is 0 Å². The van der Waals surface area contributed by atoms with Gasteiger partial charge >= 0.3 is 0 Å². The summed E-state index contributed by atoms with van der Waals surface area (Å²) in [6.07, 6.45) is 0. The molecule has 6 heteroatoms. The van der Waals surface area contributed by atoms with Crippen LogP contribution < -0.4 is 0 Å². The van der Waals surface area contributed by atoms with Crippen LogP contribution in [0.5, 0.6) is 0 Å². The molecule has 158 valence electrons. The molecule has 3 rings (SSSR count). The summed E-state index contributed by atoms with van der Waals surface area (Å²) in [5.74, 6) is 0.360. The van der Waals surface area contributed by atoms with Gasteiger partial charge in [-0.05, 0) is 35.1 Å². The molecule has 2 atom stereocenters. The van der Waals surface area contributed by atoms with Crippen LogP contribution in [0.15, 0.2) is 41.8 Å². The van der Waals surface area contributed by atoms with Gasteiger partial charge in [-0.1, -0.05) is 32.0 Å². The first-order valence-corrected chi connectivity index (χ1v) is 11.1. The van der Waals surface area contributed by atoms with Gasteiger partial charge in [-0.3, -0.25) is 9.69 Å². The molecule has 0 bridgehead atoms. The van der Waals surface area contributed by atoms with Gasteiger partial charge in [0, 0.05) is 56.5 Å². The summed E-state index contributed by atoms with van der Waals surface area (Å²) in [6, 6.07) is 11.2. The smallest absolute Gasteiger partial charge is 0.225 e. The molecule has 2 aromatic rings. The highest BCUT2D eigenvalue weighted by Crippen LogP contribution is 2.35. The zero-order valence-corrected chi connectivity index (χ0v) is 18.3. The van der Waals surface area contributed by atoms with Crippen molar-refractivity contribution in [3.8, 4) is 0 Å². The standard InChI is InChI=1S/C23H31FN2O2S/c1-17(2)23(27)26(9-10-28-3)14-19-13-25(15-21-8-5-11-29-21)16-22(19)18-6-4-7-20(24)12-18/h4-8,11-12,17,19,22H,9-10,13-16H2,1-3H3. The third kappa shape index (κ3) is 5.87. The van der Waals surface area contributed by atoms with Crippen molar-refractivity contribution in [1.29, 1.82) is 0 Å². The predicted molar refractivity (Wildman–Crippen MR) is 116 cm³/mol. The van der Waals surface area contributed by atoms with Crippen molar-refractivity contribution >= 4 is 17.2 Å². The first-order chi connectivity index (χ1) is 14.0. The third-order valence-electron chi connectivity index (χ3n) is 5.58. The monoisotopic (exact) mass is 418 g/mol. The van der Waals surface area contributed by atoms with Crippen LogP contribution in [-0.2, 0) is 16.1 Å². The highest BCUT2D eigenvalue weighted by molar-refractivity contribution is 7.09. The molecule has 0 radical (unpaired) electrons. The van der Waals surface area contributed by atoms with Crippen LogP contribution >= 0.6 is 11.3 Å². The van der Waals surface area contributed by atoms with Crippen LogP contribution in [0.3, 0.4) is 0 Å². The van der Waals surface area contributed by atoms with E-state index in [1.54, 1.807) is 30.6 Å². The summed E-state index contributed by atoms with van der Waals surface area (Å²) < 4.78 is 19.2. The molecule has 0 N–H and O–H groups in total. The van der Waals surface area contributed by atoms with Crippen molar-refractivity contribution in [3.05, 3.63) is 58.0 Å². The highest BCUT2D eigenvalue weighted by atomic mass is 32.1. The van der Waals surface area contributed by atoms with E-state index in [1.807, 2.05) is 24.8 Å². The summed E-state index contributed by atoms with van der Waals surface area (Å²) in [6.45, 7) is 8.32. The molecule has 0 aliphatic carbocycles. The Balaban J connectivity index is 1.79. The molecule has 1 aromatic heterocycles. The number of thiophene rings is 1. The van der Waals surface area contributed by atoms with E-state index in [-0.39, 0.29) is 29.5 Å². The molecule has 2 heterocycles. The van der Waals surface area contributed by atoms with Gasteiger partial charge < -0.3 is 9.64 Å². The van der Waals surface area contributed by atoms with Gasteiger partial charge in [0.1, 0.15) is 5.82 Å². The Morgan fingerprint density at radius 2 is 2.14 bits per heavy atom. The number of carbonyl (C=O) groups is 1. The Labute approximate surface area is 177 Å². The molecule has 1 aliphatic heterocycles. The van der Waals surface area contributed by atoms with E-state index in [0.29, 0.717) is 19.7 Å². The molecule has 1 aliphatic rings. The van der Waals surface area contributed by atoms with Crippen LogP contribution in [0.1, 0.15) is 30.2 Å². The number of carbonyl (C=O) groups excluding carboxylic acids is 1. The van der Waals surface area contributed by atoms with Crippen LogP contribution in [0.4, 0.5) is 4.39 Å². The van der Waals surface area contributed by atoms with Crippen molar-refractivity contribution in [2.24, 2.45) is 11.8 Å². The molecule has 29 heavy (non-hydrogen) atoms. The zero-order valence-electron chi connectivity index (χ0n) is 17.5. The summed E-state index contributed by atoms with van der Waals surface area (Å²) in [5, 5.41) is 2.10. The lowest BCUT2D eigenvalue weighted by atomic mass is 9.88. The van der Waals surface area contributed by atoms with E-state index in [4.69, 9.17) is 4.74 Å². The van der Waals surface area contributed by atoms with Crippen molar-refractivity contribution in [2.75, 3.05) is 39.9 Å².